The van der Waals surface area contributed by atoms with Crippen LogP contribution in [-0.4, -0.2) is 30.7 Å². The Morgan fingerprint density at radius 3 is 2.37 bits per heavy atom. The summed E-state index contributed by atoms with van der Waals surface area (Å²) in [5.41, 5.74) is 2.12. The fraction of sp³-hybridized carbons (Fsp3) is 0.167. The van der Waals surface area contributed by atoms with Crippen molar-refractivity contribution in [3.63, 3.8) is 0 Å². The highest BCUT2D eigenvalue weighted by Gasteiger charge is 2.23. The number of rotatable bonds is 5. The van der Waals surface area contributed by atoms with Gasteiger partial charge in [0, 0.05) is 27.0 Å². The molecule has 1 aromatic heterocycles. The van der Waals surface area contributed by atoms with Crippen LogP contribution in [0.3, 0.4) is 0 Å². The van der Waals surface area contributed by atoms with E-state index in [1.54, 1.807) is 43.3 Å². The van der Waals surface area contributed by atoms with Gasteiger partial charge in [-0.15, -0.1) is 0 Å². The van der Waals surface area contributed by atoms with Gasteiger partial charge in [0.05, 0.1) is 11.8 Å². The number of hydrogen-bond acceptors (Lipinski definition) is 3. The molecule has 0 aliphatic carbocycles. The standard InChI is InChI=1S/C18H16Cl2N2O4S/c1-9(22-27(2,25)26)13-4-3-5-14-15(17(18(23)24)21-16(13)14)10-6-11(19)8-12(20)7-10/h3-9,21-22H,1-2H3,(H,23,24). The van der Waals surface area contributed by atoms with E-state index in [4.69, 9.17) is 23.2 Å². The summed E-state index contributed by atoms with van der Waals surface area (Å²) in [7, 11) is -3.44. The number of aromatic nitrogens is 1. The van der Waals surface area contributed by atoms with Gasteiger partial charge in [-0.2, -0.15) is 0 Å². The number of nitrogens with one attached hydrogen (secondary N) is 2. The van der Waals surface area contributed by atoms with Gasteiger partial charge in [-0.05, 0) is 36.2 Å². The average Bonchev–Trinajstić information content (AvgIpc) is 2.91. The third kappa shape index (κ3) is 4.11. The van der Waals surface area contributed by atoms with Crippen LogP contribution in [0.2, 0.25) is 10.0 Å². The van der Waals surface area contributed by atoms with Crippen molar-refractivity contribution in [3.8, 4) is 11.1 Å². The van der Waals surface area contributed by atoms with E-state index in [1.165, 1.54) is 0 Å². The van der Waals surface area contributed by atoms with Gasteiger partial charge in [0.1, 0.15) is 5.69 Å². The molecule has 1 heterocycles. The van der Waals surface area contributed by atoms with Gasteiger partial charge in [0.2, 0.25) is 10.0 Å². The maximum Gasteiger partial charge on any atom is 0.352 e. The van der Waals surface area contributed by atoms with Crippen LogP contribution in [0.4, 0.5) is 0 Å². The maximum absolute atomic E-state index is 11.8. The van der Waals surface area contributed by atoms with Crippen molar-refractivity contribution in [1.29, 1.82) is 0 Å². The molecule has 3 aromatic rings. The second-order valence-corrected chi connectivity index (χ2v) is 8.87. The van der Waals surface area contributed by atoms with E-state index in [0.717, 1.165) is 6.26 Å². The van der Waals surface area contributed by atoms with E-state index in [0.29, 0.717) is 37.6 Å². The Balaban J connectivity index is 2.30. The molecule has 0 saturated carbocycles. The third-order valence-electron chi connectivity index (χ3n) is 4.09. The van der Waals surface area contributed by atoms with Crippen LogP contribution in [-0.2, 0) is 10.0 Å². The molecule has 1 atom stereocenters. The Morgan fingerprint density at radius 1 is 1.19 bits per heavy atom. The predicted octanol–water partition coefficient (Wildman–Crippen LogP) is 4.45. The molecule has 0 radical (unpaired) electrons. The number of H-pyrrole nitrogens is 1. The lowest BCUT2D eigenvalue weighted by molar-refractivity contribution is 0.0692. The number of hydrogen-bond donors (Lipinski definition) is 3. The molecule has 2 aromatic carbocycles. The minimum Gasteiger partial charge on any atom is -0.477 e. The second kappa shape index (κ2) is 7.16. The predicted molar refractivity (Wildman–Crippen MR) is 107 cm³/mol. The first-order chi connectivity index (χ1) is 12.6. The van der Waals surface area contributed by atoms with Gasteiger partial charge in [-0.3, -0.25) is 0 Å². The van der Waals surface area contributed by atoms with Crippen molar-refractivity contribution in [2.75, 3.05) is 6.26 Å². The van der Waals surface area contributed by atoms with Gasteiger partial charge in [-0.1, -0.05) is 41.4 Å². The largest absolute Gasteiger partial charge is 0.477 e. The number of para-hydroxylation sites is 1. The number of aromatic carboxylic acids is 1. The molecule has 0 aliphatic rings. The molecule has 142 valence electrons. The van der Waals surface area contributed by atoms with Crippen molar-refractivity contribution in [2.45, 2.75) is 13.0 Å². The van der Waals surface area contributed by atoms with Crippen LogP contribution in [0.5, 0.6) is 0 Å². The molecule has 3 rings (SSSR count). The number of fused-ring (bicyclic) bond motifs is 1. The lowest BCUT2D eigenvalue weighted by Crippen LogP contribution is -2.25. The zero-order valence-electron chi connectivity index (χ0n) is 14.4. The van der Waals surface area contributed by atoms with Gasteiger partial charge in [0.15, 0.2) is 0 Å². The number of benzene rings is 2. The van der Waals surface area contributed by atoms with Gasteiger partial charge in [0.25, 0.3) is 0 Å². The normalized spacial score (nSPS) is 13.0. The molecule has 0 fully saturated rings. The van der Waals surface area contributed by atoms with Crippen molar-refractivity contribution < 1.29 is 18.3 Å². The molecule has 3 N–H and O–H groups in total. The van der Waals surface area contributed by atoms with Gasteiger partial charge in [-0.25, -0.2) is 17.9 Å². The van der Waals surface area contributed by atoms with E-state index < -0.39 is 22.0 Å². The van der Waals surface area contributed by atoms with E-state index in [2.05, 4.69) is 9.71 Å². The van der Waals surface area contributed by atoms with Crippen LogP contribution in [0.1, 0.15) is 29.0 Å². The molecule has 9 heteroatoms. The Bertz CT molecular complexity index is 1140. The van der Waals surface area contributed by atoms with Crippen LogP contribution >= 0.6 is 23.2 Å². The zero-order valence-corrected chi connectivity index (χ0v) is 16.7. The lowest BCUT2D eigenvalue weighted by atomic mass is 9.99. The molecule has 0 aliphatic heterocycles. The smallest absolute Gasteiger partial charge is 0.352 e. The number of carbonyl (C=O) groups is 1. The fourth-order valence-corrected chi connectivity index (χ4v) is 4.44. The molecule has 0 spiro atoms. The van der Waals surface area contributed by atoms with Crippen molar-refractivity contribution in [3.05, 3.63) is 57.7 Å². The lowest BCUT2D eigenvalue weighted by Gasteiger charge is -2.13. The summed E-state index contributed by atoms with van der Waals surface area (Å²) >= 11 is 12.2. The maximum atomic E-state index is 11.8. The van der Waals surface area contributed by atoms with Crippen molar-refractivity contribution >= 4 is 50.1 Å². The summed E-state index contributed by atoms with van der Waals surface area (Å²) in [5.74, 6) is -1.15. The van der Waals surface area contributed by atoms with Gasteiger partial charge < -0.3 is 10.1 Å². The third-order valence-corrected chi connectivity index (χ3v) is 5.31. The Hall–Kier alpha value is -2.06. The quantitative estimate of drug-likeness (QED) is 0.560. The summed E-state index contributed by atoms with van der Waals surface area (Å²) in [6, 6.07) is 9.51. The summed E-state index contributed by atoms with van der Waals surface area (Å²) in [4.78, 5) is 14.8. The summed E-state index contributed by atoms with van der Waals surface area (Å²) in [6.45, 7) is 1.69. The Labute approximate surface area is 166 Å². The van der Waals surface area contributed by atoms with Crippen LogP contribution < -0.4 is 4.72 Å². The minimum atomic E-state index is -3.44. The van der Waals surface area contributed by atoms with Crippen LogP contribution in [0, 0.1) is 0 Å². The average molecular weight is 427 g/mol. The summed E-state index contributed by atoms with van der Waals surface area (Å²) in [5, 5.41) is 11.1. The van der Waals surface area contributed by atoms with Crippen LogP contribution in [0.15, 0.2) is 36.4 Å². The van der Waals surface area contributed by atoms with E-state index in [9.17, 15) is 18.3 Å². The molecule has 0 bridgehead atoms. The topological polar surface area (TPSA) is 99.3 Å². The van der Waals surface area contributed by atoms with E-state index in [-0.39, 0.29) is 5.69 Å². The van der Waals surface area contributed by atoms with Crippen LogP contribution in [0.25, 0.3) is 22.0 Å². The summed E-state index contributed by atoms with van der Waals surface area (Å²) in [6.07, 6.45) is 1.07. The SMILES string of the molecule is CC(NS(C)(=O)=O)c1cccc2c(-c3cc(Cl)cc(Cl)c3)c(C(=O)O)[nH]c12. The minimum absolute atomic E-state index is 0.0256. The first kappa shape index (κ1) is 19.7. The summed E-state index contributed by atoms with van der Waals surface area (Å²) < 4.78 is 25.7. The van der Waals surface area contributed by atoms with Crippen molar-refractivity contribution in [2.24, 2.45) is 0 Å². The van der Waals surface area contributed by atoms with E-state index in [1.807, 2.05) is 0 Å². The number of aromatic amines is 1. The molecular weight excluding hydrogens is 411 g/mol. The molecule has 6 nitrogen and oxygen atoms in total. The van der Waals surface area contributed by atoms with Gasteiger partial charge >= 0.3 is 5.97 Å². The van der Waals surface area contributed by atoms with Crippen molar-refractivity contribution in [1.82, 2.24) is 9.71 Å². The number of halogens is 2. The first-order valence-corrected chi connectivity index (χ1v) is 10.5. The number of carboxylic acids is 1. The first-order valence-electron chi connectivity index (χ1n) is 7.88. The Morgan fingerprint density at radius 2 is 1.81 bits per heavy atom. The fourth-order valence-electron chi connectivity index (χ4n) is 3.14. The molecule has 1 unspecified atom stereocenters. The second-order valence-electron chi connectivity index (χ2n) is 6.22. The highest BCUT2D eigenvalue weighted by molar-refractivity contribution is 7.88. The highest BCUT2D eigenvalue weighted by Crippen LogP contribution is 2.37. The Kier molecular flexibility index (Phi) is 5.22. The highest BCUT2D eigenvalue weighted by atomic mass is 35.5. The number of sulfonamides is 1. The molecule has 27 heavy (non-hydrogen) atoms. The van der Waals surface area contributed by atoms with E-state index >= 15 is 0 Å². The molecular formula is C18H16Cl2N2O4S. The molecule has 0 saturated heterocycles. The number of carboxylic acid groups (broad SMARTS) is 1. The molecule has 0 amide bonds. The monoisotopic (exact) mass is 426 g/mol. The zero-order chi connectivity index (χ0) is 19.9.